The third kappa shape index (κ3) is 2.25. The molecule has 0 saturated heterocycles. The van der Waals surface area contributed by atoms with E-state index in [2.05, 4.69) is 35.0 Å². The molecule has 0 saturated carbocycles. The van der Waals surface area contributed by atoms with Gasteiger partial charge in [-0.05, 0) is 31.9 Å². The lowest BCUT2D eigenvalue weighted by molar-refractivity contribution is 0.774. The van der Waals surface area contributed by atoms with Crippen LogP contribution >= 0.6 is 0 Å². The fraction of sp³-hybridized carbons (Fsp3) is 0.462. The molecule has 0 atom stereocenters. The molecule has 0 aromatic carbocycles. The summed E-state index contributed by atoms with van der Waals surface area (Å²) in [5.41, 5.74) is 9.24. The quantitative estimate of drug-likeness (QED) is 0.770. The van der Waals surface area contributed by atoms with Crippen LogP contribution in [0.4, 0.5) is 5.82 Å². The summed E-state index contributed by atoms with van der Waals surface area (Å²) in [6.07, 6.45) is 3.42. The second-order valence-electron chi connectivity index (χ2n) is 4.38. The number of nitrogens with two attached hydrogens (primary N) is 1. The molecule has 1 aromatic heterocycles. The Morgan fingerprint density at radius 1 is 1.38 bits per heavy atom. The maximum atomic E-state index is 5.64. The van der Waals surface area contributed by atoms with Gasteiger partial charge in [0, 0.05) is 25.3 Å². The molecule has 1 aliphatic heterocycles. The molecule has 1 aromatic rings. The minimum Gasteiger partial charge on any atom is -0.352 e. The number of nitrogens with zero attached hydrogens (tertiary/aromatic N) is 2. The van der Waals surface area contributed by atoms with Crippen LogP contribution in [0, 0.1) is 6.92 Å². The summed E-state index contributed by atoms with van der Waals surface area (Å²) >= 11 is 0. The fourth-order valence-corrected chi connectivity index (χ4v) is 2.08. The molecule has 2 rings (SSSR count). The van der Waals surface area contributed by atoms with Crippen LogP contribution in [0.25, 0.3) is 0 Å². The molecule has 0 radical (unpaired) electrons. The van der Waals surface area contributed by atoms with E-state index in [0.717, 1.165) is 36.6 Å². The van der Waals surface area contributed by atoms with Crippen molar-refractivity contribution in [3.63, 3.8) is 0 Å². The van der Waals surface area contributed by atoms with E-state index in [1.54, 1.807) is 0 Å². The monoisotopic (exact) mass is 217 g/mol. The predicted molar refractivity (Wildman–Crippen MR) is 67.5 cm³/mol. The SMILES string of the molecule is CC1=CCCN(c2ccc(CN)c(C)n2)C1. The van der Waals surface area contributed by atoms with E-state index in [1.165, 1.54) is 5.57 Å². The Morgan fingerprint density at radius 2 is 2.19 bits per heavy atom. The van der Waals surface area contributed by atoms with Crippen molar-refractivity contribution >= 4 is 5.82 Å². The summed E-state index contributed by atoms with van der Waals surface area (Å²) < 4.78 is 0. The molecule has 2 heterocycles. The zero-order chi connectivity index (χ0) is 11.5. The zero-order valence-corrected chi connectivity index (χ0v) is 10.0. The Morgan fingerprint density at radius 3 is 2.81 bits per heavy atom. The second kappa shape index (κ2) is 4.66. The Balaban J connectivity index is 2.21. The van der Waals surface area contributed by atoms with Crippen LogP contribution in [0.5, 0.6) is 0 Å². The zero-order valence-electron chi connectivity index (χ0n) is 10.0. The highest BCUT2D eigenvalue weighted by molar-refractivity contribution is 5.44. The molecule has 2 N–H and O–H groups in total. The minimum atomic E-state index is 0.568. The number of hydrogen-bond acceptors (Lipinski definition) is 3. The van der Waals surface area contributed by atoms with Gasteiger partial charge in [-0.15, -0.1) is 0 Å². The van der Waals surface area contributed by atoms with Crippen molar-refractivity contribution in [1.29, 1.82) is 0 Å². The number of aromatic nitrogens is 1. The molecule has 0 bridgehead atoms. The fourth-order valence-electron chi connectivity index (χ4n) is 2.08. The van der Waals surface area contributed by atoms with E-state index in [9.17, 15) is 0 Å². The highest BCUT2D eigenvalue weighted by atomic mass is 15.2. The third-order valence-electron chi connectivity index (χ3n) is 3.06. The lowest BCUT2D eigenvalue weighted by atomic mass is 10.1. The van der Waals surface area contributed by atoms with E-state index in [4.69, 9.17) is 5.73 Å². The van der Waals surface area contributed by atoms with Crippen LogP contribution in [0.15, 0.2) is 23.8 Å². The summed E-state index contributed by atoms with van der Waals surface area (Å²) in [7, 11) is 0. The molecule has 3 heteroatoms. The topological polar surface area (TPSA) is 42.1 Å². The normalized spacial score (nSPS) is 16.2. The third-order valence-corrected chi connectivity index (χ3v) is 3.06. The first kappa shape index (κ1) is 11.1. The van der Waals surface area contributed by atoms with E-state index in [1.807, 2.05) is 6.92 Å². The van der Waals surface area contributed by atoms with Crippen LogP contribution < -0.4 is 10.6 Å². The van der Waals surface area contributed by atoms with Crippen molar-refractivity contribution in [1.82, 2.24) is 4.98 Å². The van der Waals surface area contributed by atoms with Gasteiger partial charge in [-0.25, -0.2) is 4.98 Å². The largest absolute Gasteiger partial charge is 0.352 e. The minimum absolute atomic E-state index is 0.568. The molecule has 0 unspecified atom stereocenters. The van der Waals surface area contributed by atoms with Gasteiger partial charge in [0.2, 0.25) is 0 Å². The van der Waals surface area contributed by atoms with Crippen LogP contribution in [-0.2, 0) is 6.54 Å². The van der Waals surface area contributed by atoms with Gasteiger partial charge < -0.3 is 10.6 Å². The summed E-state index contributed by atoms with van der Waals surface area (Å²) in [5, 5.41) is 0. The van der Waals surface area contributed by atoms with Gasteiger partial charge in [0.15, 0.2) is 0 Å². The van der Waals surface area contributed by atoms with Crippen LogP contribution in [-0.4, -0.2) is 18.1 Å². The molecular weight excluding hydrogens is 198 g/mol. The van der Waals surface area contributed by atoms with Crippen molar-refractivity contribution in [3.05, 3.63) is 35.0 Å². The Bertz CT molecular complexity index is 410. The highest BCUT2D eigenvalue weighted by Gasteiger charge is 2.12. The number of hydrogen-bond donors (Lipinski definition) is 1. The number of aryl methyl sites for hydroxylation is 1. The van der Waals surface area contributed by atoms with E-state index >= 15 is 0 Å². The van der Waals surface area contributed by atoms with Crippen molar-refractivity contribution < 1.29 is 0 Å². The van der Waals surface area contributed by atoms with Crippen molar-refractivity contribution in [2.24, 2.45) is 5.73 Å². The van der Waals surface area contributed by atoms with Gasteiger partial charge >= 0.3 is 0 Å². The molecule has 0 aliphatic carbocycles. The van der Waals surface area contributed by atoms with Crippen molar-refractivity contribution in [3.8, 4) is 0 Å². The van der Waals surface area contributed by atoms with Gasteiger partial charge in [0.1, 0.15) is 5.82 Å². The number of anilines is 1. The lowest BCUT2D eigenvalue weighted by Crippen LogP contribution is -2.30. The first-order valence-electron chi connectivity index (χ1n) is 5.78. The van der Waals surface area contributed by atoms with E-state index in [0.29, 0.717) is 6.54 Å². The summed E-state index contributed by atoms with van der Waals surface area (Å²) in [5.74, 6) is 1.07. The molecule has 0 amide bonds. The summed E-state index contributed by atoms with van der Waals surface area (Å²) in [6, 6.07) is 4.17. The number of pyridine rings is 1. The van der Waals surface area contributed by atoms with Gasteiger partial charge in [-0.2, -0.15) is 0 Å². The molecule has 16 heavy (non-hydrogen) atoms. The summed E-state index contributed by atoms with van der Waals surface area (Å²) in [6.45, 7) is 6.82. The Hall–Kier alpha value is -1.35. The van der Waals surface area contributed by atoms with Crippen molar-refractivity contribution in [2.75, 3.05) is 18.0 Å². The Labute approximate surface area is 97.0 Å². The van der Waals surface area contributed by atoms with Crippen LogP contribution in [0.3, 0.4) is 0 Å². The second-order valence-corrected chi connectivity index (χ2v) is 4.38. The lowest BCUT2D eigenvalue weighted by Gasteiger charge is -2.27. The van der Waals surface area contributed by atoms with Gasteiger partial charge in [0.25, 0.3) is 0 Å². The van der Waals surface area contributed by atoms with Gasteiger partial charge in [-0.1, -0.05) is 17.7 Å². The van der Waals surface area contributed by atoms with Gasteiger partial charge in [-0.3, -0.25) is 0 Å². The standard InChI is InChI=1S/C13H19N3/c1-10-4-3-7-16(9-10)13-6-5-12(8-14)11(2)15-13/h4-6H,3,7-9,14H2,1-2H3. The van der Waals surface area contributed by atoms with E-state index < -0.39 is 0 Å². The first-order chi connectivity index (χ1) is 7.70. The maximum Gasteiger partial charge on any atom is 0.129 e. The number of rotatable bonds is 2. The van der Waals surface area contributed by atoms with E-state index in [-0.39, 0.29) is 0 Å². The average molecular weight is 217 g/mol. The summed E-state index contributed by atoms with van der Waals surface area (Å²) in [4.78, 5) is 6.94. The van der Waals surface area contributed by atoms with Crippen molar-refractivity contribution in [2.45, 2.75) is 26.8 Å². The molecule has 0 spiro atoms. The highest BCUT2D eigenvalue weighted by Crippen LogP contribution is 2.19. The van der Waals surface area contributed by atoms with Gasteiger partial charge in [0.05, 0.1) is 0 Å². The molecular formula is C13H19N3. The molecule has 3 nitrogen and oxygen atoms in total. The molecule has 0 fully saturated rings. The average Bonchev–Trinajstić information content (AvgIpc) is 2.29. The first-order valence-corrected chi connectivity index (χ1v) is 5.78. The Kier molecular flexibility index (Phi) is 3.25. The molecule has 1 aliphatic rings. The van der Waals surface area contributed by atoms with Crippen LogP contribution in [0.2, 0.25) is 0 Å². The maximum absolute atomic E-state index is 5.64. The van der Waals surface area contributed by atoms with Crippen LogP contribution in [0.1, 0.15) is 24.6 Å². The smallest absolute Gasteiger partial charge is 0.129 e. The molecule has 86 valence electrons. The predicted octanol–water partition coefficient (Wildman–Crippen LogP) is 2.01.